The molecule has 2 saturated carbocycles. The average Bonchev–Trinajstić information content (AvgIpc) is 3.79. The summed E-state index contributed by atoms with van der Waals surface area (Å²) in [5.74, 6) is -3.64. The van der Waals surface area contributed by atoms with Crippen molar-refractivity contribution in [1.29, 1.82) is 0 Å². The Bertz CT molecular complexity index is 1840. The Kier molecular flexibility index (Phi) is 14.6. The largest absolute Gasteiger partial charge is 0.415 e. The number of anilines is 4. The zero-order valence-corrected chi connectivity index (χ0v) is 41.7. The second-order valence-electron chi connectivity index (χ2n) is 20.6. The molecule has 0 saturated heterocycles. The highest BCUT2D eigenvalue weighted by molar-refractivity contribution is 6.78. The number of carbonyl (C=O) groups excluding carboxylic acids is 4. The van der Waals surface area contributed by atoms with Crippen molar-refractivity contribution in [3.63, 3.8) is 0 Å². The molecule has 0 radical (unpaired) electrons. The monoisotopic (exact) mass is 893 g/mol. The third-order valence-corrected chi connectivity index (χ3v) is 28.3. The van der Waals surface area contributed by atoms with E-state index in [9.17, 15) is 29.4 Å². The van der Waals surface area contributed by atoms with Gasteiger partial charge in [-0.3, -0.25) is 19.2 Å². The van der Waals surface area contributed by atoms with E-state index in [-0.39, 0.29) is 49.8 Å². The summed E-state index contributed by atoms with van der Waals surface area (Å²) in [5, 5.41) is 26.7. The molecule has 12 nitrogen and oxygen atoms in total. The Labute approximate surface area is 372 Å². The SMILES string of the molecule is CC(C)[Si](OC[C@@H]1C(=O)[C@@H](C)[C@@]2(C(=O)Nc3cc(N)ccc32)[C@H]1CO)(C(C)C)C(C)C.CC(C)[Si](OC[C@H]1C(=O)[C@H](C)[C@]2(C(=O)Nc3cc(N)ccc32)[C@@H]1CO)(C(C)C)C(C)C. The fraction of sp³-hybridized carbons (Fsp3) is 0.667. The van der Waals surface area contributed by atoms with Crippen LogP contribution in [-0.4, -0.2) is 76.7 Å². The van der Waals surface area contributed by atoms with Crippen LogP contribution in [0, 0.1) is 35.5 Å². The number of fused-ring (bicyclic) bond motifs is 4. The van der Waals surface area contributed by atoms with Crippen molar-refractivity contribution in [1.82, 2.24) is 0 Å². The minimum Gasteiger partial charge on any atom is -0.415 e. The fourth-order valence-electron chi connectivity index (χ4n) is 13.5. The van der Waals surface area contributed by atoms with Crippen molar-refractivity contribution in [3.8, 4) is 0 Å². The van der Waals surface area contributed by atoms with Gasteiger partial charge in [0.2, 0.25) is 11.8 Å². The molecule has 14 heteroatoms. The summed E-state index contributed by atoms with van der Waals surface area (Å²) in [6.45, 7) is 30.2. The summed E-state index contributed by atoms with van der Waals surface area (Å²) in [5.41, 5.74) is 15.9. The van der Waals surface area contributed by atoms with E-state index in [0.717, 1.165) is 11.1 Å². The first-order valence-electron chi connectivity index (χ1n) is 22.9. The van der Waals surface area contributed by atoms with Gasteiger partial charge in [-0.05, 0) is 68.6 Å². The number of nitrogens with one attached hydrogen (secondary N) is 2. The van der Waals surface area contributed by atoms with E-state index in [4.69, 9.17) is 20.3 Å². The van der Waals surface area contributed by atoms with Crippen LogP contribution < -0.4 is 22.1 Å². The quantitative estimate of drug-likeness (QED) is 0.0793. The highest BCUT2D eigenvalue weighted by Crippen LogP contribution is 2.58. The zero-order chi connectivity index (χ0) is 46.6. The Morgan fingerprint density at radius 3 is 1.11 bits per heavy atom. The van der Waals surface area contributed by atoms with Crippen LogP contribution in [0.15, 0.2) is 36.4 Å². The van der Waals surface area contributed by atoms with E-state index in [1.54, 1.807) is 24.3 Å². The van der Waals surface area contributed by atoms with E-state index in [1.807, 2.05) is 26.0 Å². The van der Waals surface area contributed by atoms with Crippen LogP contribution in [0.5, 0.6) is 0 Å². The standard InChI is InChI=1S/2C24H38N2O4Si/c2*1-13(2)31(14(3)4,15(5)6)30-12-18-20(11-27)24(16(7)22(18)28)19-9-8-17(25)10-21(19)26-23(24)29/h2*8-10,13-16,18,20,27H,11-12,25H2,1-7H3,(H,26,29)/t2*16-,18+,20+,24+/m10/s1. The van der Waals surface area contributed by atoms with Crippen LogP contribution >= 0.6 is 0 Å². The van der Waals surface area contributed by atoms with Crippen molar-refractivity contribution in [2.45, 2.75) is 141 Å². The Balaban J connectivity index is 0.000000234. The molecule has 2 spiro atoms. The summed E-state index contributed by atoms with van der Waals surface area (Å²) < 4.78 is 13.5. The van der Waals surface area contributed by atoms with Crippen LogP contribution in [0.3, 0.4) is 0 Å². The maximum Gasteiger partial charge on any atom is 0.236 e. The predicted molar refractivity (Wildman–Crippen MR) is 253 cm³/mol. The second kappa shape index (κ2) is 18.2. The smallest absolute Gasteiger partial charge is 0.236 e. The lowest BCUT2D eigenvalue weighted by atomic mass is 9.67. The van der Waals surface area contributed by atoms with Crippen molar-refractivity contribution >= 4 is 62.8 Å². The molecule has 344 valence electrons. The van der Waals surface area contributed by atoms with Gasteiger partial charge < -0.3 is 41.2 Å². The van der Waals surface area contributed by atoms with Gasteiger partial charge in [0, 0.05) is 84.7 Å². The van der Waals surface area contributed by atoms with Crippen LogP contribution in [0.25, 0.3) is 0 Å². The minimum atomic E-state index is -2.19. The van der Waals surface area contributed by atoms with Gasteiger partial charge in [-0.1, -0.05) is 109 Å². The molecule has 2 heterocycles. The normalized spacial score (nSPS) is 28.3. The molecule has 6 rings (SSSR count). The lowest BCUT2D eigenvalue weighted by Crippen LogP contribution is -2.50. The Morgan fingerprint density at radius 1 is 0.565 bits per heavy atom. The molecule has 8 N–H and O–H groups in total. The highest BCUT2D eigenvalue weighted by atomic mass is 28.4. The molecule has 4 aliphatic rings. The summed E-state index contributed by atoms with van der Waals surface area (Å²) >= 11 is 0. The Morgan fingerprint density at radius 2 is 0.855 bits per heavy atom. The average molecular weight is 893 g/mol. The van der Waals surface area contributed by atoms with Crippen molar-refractivity contribution in [2.75, 3.05) is 48.5 Å². The number of benzene rings is 2. The van der Waals surface area contributed by atoms with Crippen LogP contribution in [-0.2, 0) is 38.9 Å². The maximum absolute atomic E-state index is 13.5. The molecule has 0 bridgehead atoms. The van der Waals surface area contributed by atoms with E-state index in [2.05, 4.69) is 93.7 Å². The topological polar surface area (TPSA) is 203 Å². The van der Waals surface area contributed by atoms with E-state index >= 15 is 0 Å². The lowest BCUT2D eigenvalue weighted by Gasteiger charge is -2.43. The summed E-state index contributed by atoms with van der Waals surface area (Å²) in [6.07, 6.45) is 0. The number of amides is 2. The van der Waals surface area contributed by atoms with Gasteiger partial charge in [0.15, 0.2) is 16.6 Å². The number of hydrogen-bond acceptors (Lipinski definition) is 10. The van der Waals surface area contributed by atoms with E-state index < -0.39 is 63.0 Å². The Hall–Kier alpha value is -3.41. The van der Waals surface area contributed by atoms with Gasteiger partial charge in [-0.15, -0.1) is 0 Å². The van der Waals surface area contributed by atoms with Crippen LogP contribution in [0.2, 0.25) is 33.2 Å². The molecule has 2 aliphatic heterocycles. The molecule has 0 unspecified atom stereocenters. The first-order valence-corrected chi connectivity index (χ1v) is 27.2. The van der Waals surface area contributed by atoms with Gasteiger partial charge in [0.25, 0.3) is 0 Å². The van der Waals surface area contributed by atoms with E-state index in [0.29, 0.717) is 56.0 Å². The molecule has 0 aromatic heterocycles. The minimum absolute atomic E-state index is 0.00181. The highest BCUT2D eigenvalue weighted by Gasteiger charge is 2.67. The summed E-state index contributed by atoms with van der Waals surface area (Å²) in [7, 11) is -4.37. The number of nitrogens with two attached hydrogens (primary N) is 2. The molecule has 2 amide bonds. The molecule has 8 atom stereocenters. The summed E-state index contributed by atoms with van der Waals surface area (Å²) in [4.78, 5) is 53.6. The third-order valence-electron chi connectivity index (χ3n) is 16.2. The molecular weight excluding hydrogens is 817 g/mol. The predicted octanol–water partition coefficient (Wildman–Crippen LogP) is 8.19. The fourth-order valence-corrected chi connectivity index (χ4v) is 24.5. The number of nitrogen functional groups attached to an aromatic ring is 2. The van der Waals surface area contributed by atoms with Gasteiger partial charge in [-0.25, -0.2) is 0 Å². The molecule has 2 aromatic carbocycles. The number of aliphatic hydroxyl groups is 2. The molecule has 62 heavy (non-hydrogen) atoms. The number of aliphatic hydroxyl groups excluding tert-OH is 2. The molecule has 2 aliphatic carbocycles. The van der Waals surface area contributed by atoms with Crippen LogP contribution in [0.4, 0.5) is 22.7 Å². The van der Waals surface area contributed by atoms with Gasteiger partial charge in [0.05, 0.1) is 10.8 Å². The molecule has 2 fully saturated rings. The van der Waals surface area contributed by atoms with Crippen molar-refractivity contribution in [3.05, 3.63) is 47.5 Å². The van der Waals surface area contributed by atoms with E-state index in [1.165, 1.54) is 0 Å². The van der Waals surface area contributed by atoms with Gasteiger partial charge in [0.1, 0.15) is 11.6 Å². The first kappa shape index (κ1) is 49.6. The molecule has 2 aromatic rings. The van der Waals surface area contributed by atoms with Crippen LogP contribution in [0.1, 0.15) is 108 Å². The zero-order valence-electron chi connectivity index (χ0n) is 39.7. The number of ketones is 2. The third kappa shape index (κ3) is 7.32. The van der Waals surface area contributed by atoms with Gasteiger partial charge >= 0.3 is 0 Å². The maximum atomic E-state index is 13.5. The second-order valence-corrected chi connectivity index (χ2v) is 31.5. The number of rotatable bonds is 14. The lowest BCUT2D eigenvalue weighted by molar-refractivity contribution is -0.128. The van der Waals surface area contributed by atoms with Crippen molar-refractivity contribution < 1.29 is 38.2 Å². The number of carbonyl (C=O) groups is 4. The van der Waals surface area contributed by atoms with Gasteiger partial charge in [-0.2, -0.15) is 0 Å². The number of Topliss-reactive ketones (excluding diaryl/α,β-unsaturated/α-hetero) is 2. The number of hydrogen-bond donors (Lipinski definition) is 6. The molecular formula is C48H76N4O8Si2. The summed E-state index contributed by atoms with van der Waals surface area (Å²) in [6, 6.07) is 10.6. The van der Waals surface area contributed by atoms with Crippen molar-refractivity contribution in [2.24, 2.45) is 35.5 Å². The first-order chi connectivity index (χ1) is 28.9.